The van der Waals surface area contributed by atoms with E-state index in [1.807, 2.05) is 32.0 Å². The van der Waals surface area contributed by atoms with Crippen molar-refractivity contribution in [3.05, 3.63) is 42.0 Å². The largest absolute Gasteiger partial charge is 0.486 e. The van der Waals surface area contributed by atoms with Crippen molar-refractivity contribution in [3.63, 3.8) is 0 Å². The standard InChI is InChI=1S/C19H21N3O3/c1-11(2)18-20-9-13(10-21-18)22-19(23)15-8-14(15)12-3-4-16-17(7-12)25-6-5-24-16/h3-4,7,9-11,14-15H,5-6,8H2,1-2H3,(H,22,23). The first-order chi connectivity index (χ1) is 12.1. The average Bonchev–Trinajstić information content (AvgIpc) is 3.43. The minimum absolute atomic E-state index is 0.0146. The van der Waals surface area contributed by atoms with Gasteiger partial charge in [-0.05, 0) is 30.0 Å². The van der Waals surface area contributed by atoms with Crippen molar-refractivity contribution >= 4 is 11.6 Å². The minimum atomic E-state index is -0.0210. The number of anilines is 1. The lowest BCUT2D eigenvalue weighted by molar-refractivity contribution is -0.117. The van der Waals surface area contributed by atoms with Gasteiger partial charge in [-0.3, -0.25) is 4.79 Å². The number of hydrogen-bond acceptors (Lipinski definition) is 5. The van der Waals surface area contributed by atoms with E-state index in [1.165, 1.54) is 0 Å². The summed E-state index contributed by atoms with van der Waals surface area (Å²) >= 11 is 0. The summed E-state index contributed by atoms with van der Waals surface area (Å²) in [6, 6.07) is 5.94. The molecule has 2 aliphatic rings. The molecule has 2 heterocycles. The van der Waals surface area contributed by atoms with Gasteiger partial charge in [-0.2, -0.15) is 0 Å². The Labute approximate surface area is 146 Å². The first-order valence-corrected chi connectivity index (χ1v) is 8.64. The van der Waals surface area contributed by atoms with E-state index in [9.17, 15) is 4.79 Å². The zero-order chi connectivity index (χ0) is 17.4. The van der Waals surface area contributed by atoms with E-state index in [4.69, 9.17) is 9.47 Å². The van der Waals surface area contributed by atoms with Gasteiger partial charge in [0, 0.05) is 11.8 Å². The summed E-state index contributed by atoms with van der Waals surface area (Å²) in [5, 5.41) is 2.91. The van der Waals surface area contributed by atoms with Gasteiger partial charge in [0.15, 0.2) is 11.5 Å². The van der Waals surface area contributed by atoms with Crippen LogP contribution < -0.4 is 14.8 Å². The summed E-state index contributed by atoms with van der Waals surface area (Å²) in [7, 11) is 0. The van der Waals surface area contributed by atoms with Crippen LogP contribution in [0.15, 0.2) is 30.6 Å². The van der Waals surface area contributed by atoms with Gasteiger partial charge in [0.1, 0.15) is 19.0 Å². The highest BCUT2D eigenvalue weighted by Crippen LogP contribution is 2.49. The predicted octanol–water partition coefficient (Wildman–Crippen LogP) is 3.11. The normalized spacial score (nSPS) is 21.1. The summed E-state index contributed by atoms with van der Waals surface area (Å²) in [5.41, 5.74) is 1.76. The van der Waals surface area contributed by atoms with Crippen LogP contribution in [0.5, 0.6) is 11.5 Å². The van der Waals surface area contributed by atoms with Gasteiger partial charge in [0.2, 0.25) is 5.91 Å². The highest BCUT2D eigenvalue weighted by molar-refractivity contribution is 5.95. The lowest BCUT2D eigenvalue weighted by Crippen LogP contribution is -2.16. The third-order valence-corrected chi connectivity index (χ3v) is 4.58. The molecule has 6 heteroatoms. The fourth-order valence-electron chi connectivity index (χ4n) is 3.08. The summed E-state index contributed by atoms with van der Waals surface area (Å²) < 4.78 is 11.2. The fourth-order valence-corrected chi connectivity index (χ4v) is 3.08. The van der Waals surface area contributed by atoms with E-state index < -0.39 is 0 Å². The van der Waals surface area contributed by atoms with E-state index in [1.54, 1.807) is 12.4 Å². The molecule has 1 N–H and O–H groups in total. The second-order valence-corrected chi connectivity index (χ2v) is 6.83. The summed E-state index contributed by atoms with van der Waals surface area (Å²) in [4.78, 5) is 21.0. The second-order valence-electron chi connectivity index (χ2n) is 6.83. The molecule has 1 aromatic carbocycles. The predicted molar refractivity (Wildman–Crippen MR) is 93.0 cm³/mol. The third kappa shape index (κ3) is 3.29. The molecule has 130 valence electrons. The number of amides is 1. The Hall–Kier alpha value is -2.63. The maximum atomic E-state index is 12.4. The Balaban J connectivity index is 1.40. The van der Waals surface area contributed by atoms with Gasteiger partial charge in [-0.25, -0.2) is 9.97 Å². The lowest BCUT2D eigenvalue weighted by atomic mass is 10.1. The quantitative estimate of drug-likeness (QED) is 0.926. The fraction of sp³-hybridized carbons (Fsp3) is 0.421. The van der Waals surface area contributed by atoms with Gasteiger partial charge in [-0.1, -0.05) is 19.9 Å². The molecule has 1 amide bonds. The molecule has 6 nitrogen and oxygen atoms in total. The molecule has 2 atom stereocenters. The molecule has 25 heavy (non-hydrogen) atoms. The highest BCUT2D eigenvalue weighted by atomic mass is 16.6. The molecule has 1 aromatic heterocycles. The molecule has 0 saturated heterocycles. The van der Waals surface area contributed by atoms with Gasteiger partial charge in [-0.15, -0.1) is 0 Å². The van der Waals surface area contributed by atoms with Gasteiger partial charge in [0.05, 0.1) is 18.1 Å². The molecule has 2 unspecified atom stereocenters. The molecule has 2 aromatic rings. The Morgan fingerprint density at radius 1 is 1.16 bits per heavy atom. The number of nitrogens with one attached hydrogen (secondary N) is 1. The Morgan fingerprint density at radius 2 is 1.88 bits per heavy atom. The van der Waals surface area contributed by atoms with Gasteiger partial charge >= 0.3 is 0 Å². The molecular weight excluding hydrogens is 318 g/mol. The van der Waals surface area contributed by atoms with Crippen LogP contribution in [0.4, 0.5) is 5.69 Å². The van der Waals surface area contributed by atoms with Crippen molar-refractivity contribution < 1.29 is 14.3 Å². The van der Waals surface area contributed by atoms with E-state index in [0.717, 1.165) is 29.3 Å². The van der Waals surface area contributed by atoms with Crippen LogP contribution in [-0.2, 0) is 4.79 Å². The smallest absolute Gasteiger partial charge is 0.228 e. The van der Waals surface area contributed by atoms with Crippen LogP contribution in [0.3, 0.4) is 0 Å². The Kier molecular flexibility index (Phi) is 4.03. The summed E-state index contributed by atoms with van der Waals surface area (Å²) in [5.74, 6) is 2.82. The second kappa shape index (κ2) is 6.35. The SMILES string of the molecule is CC(C)c1ncc(NC(=O)C2CC2c2ccc3c(c2)OCCO3)cn1. The minimum Gasteiger partial charge on any atom is -0.486 e. The molecule has 0 radical (unpaired) electrons. The van der Waals surface area contributed by atoms with Crippen molar-refractivity contribution in [1.82, 2.24) is 9.97 Å². The molecule has 1 aliphatic carbocycles. The number of nitrogens with zero attached hydrogens (tertiary/aromatic N) is 2. The van der Waals surface area contributed by atoms with E-state index in [2.05, 4.69) is 15.3 Å². The number of aromatic nitrogens is 2. The number of rotatable bonds is 4. The number of ether oxygens (including phenoxy) is 2. The number of carbonyl (C=O) groups is 1. The maximum absolute atomic E-state index is 12.4. The van der Waals surface area contributed by atoms with Crippen LogP contribution in [-0.4, -0.2) is 29.1 Å². The van der Waals surface area contributed by atoms with Crippen molar-refractivity contribution in [2.75, 3.05) is 18.5 Å². The maximum Gasteiger partial charge on any atom is 0.228 e. The summed E-state index contributed by atoms with van der Waals surface area (Å²) in [6.45, 7) is 5.22. The summed E-state index contributed by atoms with van der Waals surface area (Å²) in [6.07, 6.45) is 4.18. The van der Waals surface area contributed by atoms with Crippen LogP contribution in [0.25, 0.3) is 0 Å². The monoisotopic (exact) mass is 339 g/mol. The number of benzene rings is 1. The van der Waals surface area contributed by atoms with Gasteiger partial charge in [0.25, 0.3) is 0 Å². The Morgan fingerprint density at radius 3 is 2.60 bits per heavy atom. The topological polar surface area (TPSA) is 73.3 Å². The number of fused-ring (bicyclic) bond motifs is 1. The van der Waals surface area contributed by atoms with E-state index in [-0.39, 0.29) is 23.7 Å². The molecule has 1 fully saturated rings. The van der Waals surface area contributed by atoms with Crippen LogP contribution >= 0.6 is 0 Å². The van der Waals surface area contributed by atoms with Crippen molar-refractivity contribution in [2.24, 2.45) is 5.92 Å². The lowest BCUT2D eigenvalue weighted by Gasteiger charge is -2.18. The Bertz CT molecular complexity index is 789. The van der Waals surface area contributed by atoms with Crippen molar-refractivity contribution in [3.8, 4) is 11.5 Å². The van der Waals surface area contributed by atoms with Crippen LogP contribution in [0, 0.1) is 5.92 Å². The van der Waals surface area contributed by atoms with Crippen molar-refractivity contribution in [2.45, 2.75) is 32.1 Å². The van der Waals surface area contributed by atoms with Crippen LogP contribution in [0.1, 0.15) is 43.5 Å². The van der Waals surface area contributed by atoms with Gasteiger partial charge < -0.3 is 14.8 Å². The van der Waals surface area contributed by atoms with Crippen LogP contribution in [0.2, 0.25) is 0 Å². The average molecular weight is 339 g/mol. The molecule has 1 aliphatic heterocycles. The third-order valence-electron chi connectivity index (χ3n) is 4.58. The van der Waals surface area contributed by atoms with E-state index in [0.29, 0.717) is 18.9 Å². The highest BCUT2D eigenvalue weighted by Gasteiger charge is 2.44. The molecule has 0 bridgehead atoms. The first-order valence-electron chi connectivity index (χ1n) is 8.64. The zero-order valence-electron chi connectivity index (χ0n) is 14.4. The molecule has 4 rings (SSSR count). The van der Waals surface area contributed by atoms with E-state index >= 15 is 0 Å². The number of hydrogen-bond donors (Lipinski definition) is 1. The van der Waals surface area contributed by atoms with Crippen molar-refractivity contribution in [1.29, 1.82) is 0 Å². The molecular formula is C19H21N3O3. The first kappa shape index (κ1) is 15.9. The number of carbonyl (C=O) groups excluding carboxylic acids is 1. The molecule has 1 saturated carbocycles. The zero-order valence-corrected chi connectivity index (χ0v) is 14.4. The molecule has 0 spiro atoms.